The summed E-state index contributed by atoms with van der Waals surface area (Å²) in [7, 11) is -1.13. The van der Waals surface area contributed by atoms with E-state index in [4.69, 9.17) is 32.7 Å². The van der Waals surface area contributed by atoms with Gasteiger partial charge in [-0.3, -0.25) is 13.9 Å². The van der Waals surface area contributed by atoms with Gasteiger partial charge in [0.15, 0.2) is 0 Å². The van der Waals surface area contributed by atoms with E-state index in [1.165, 1.54) is 25.2 Å². The van der Waals surface area contributed by atoms with Crippen LogP contribution in [-0.2, 0) is 26.2 Å². The number of rotatable bonds is 12. The van der Waals surface area contributed by atoms with Crippen molar-refractivity contribution in [3.8, 4) is 11.5 Å². The number of carbonyl (C=O) groups is 2. The number of nitrogens with one attached hydrogen (secondary N) is 1. The standard InChI is InChI=1S/C24H31Cl2N3O6S/c1-6-20(24(31)27-7-2)28(14-17-18(25)9-8-10-19(17)26)23(30)15-29(36(5,32)33)21-13-16(34-3)11-12-22(21)35-4/h8-13,20H,6-7,14-15H2,1-5H3,(H,27,31)/t20-/m1/s1. The Labute approximate surface area is 222 Å². The Morgan fingerprint density at radius 2 is 1.69 bits per heavy atom. The van der Waals surface area contributed by atoms with Crippen LogP contribution in [0.2, 0.25) is 10.0 Å². The van der Waals surface area contributed by atoms with Crippen molar-refractivity contribution in [2.45, 2.75) is 32.9 Å². The third kappa shape index (κ3) is 7.18. The number of benzene rings is 2. The molecule has 12 heteroatoms. The smallest absolute Gasteiger partial charge is 0.244 e. The lowest BCUT2D eigenvalue weighted by molar-refractivity contribution is -0.140. The number of hydrogen-bond donors (Lipinski definition) is 1. The van der Waals surface area contributed by atoms with Crippen LogP contribution in [0.1, 0.15) is 25.8 Å². The first-order valence-corrected chi connectivity index (χ1v) is 13.8. The van der Waals surface area contributed by atoms with Crippen LogP contribution in [0.15, 0.2) is 36.4 Å². The molecular weight excluding hydrogens is 529 g/mol. The van der Waals surface area contributed by atoms with Crippen LogP contribution in [0.25, 0.3) is 0 Å². The first kappa shape index (κ1) is 29.5. The van der Waals surface area contributed by atoms with Crippen molar-refractivity contribution < 1.29 is 27.5 Å². The van der Waals surface area contributed by atoms with Crippen LogP contribution in [0, 0.1) is 0 Å². The maximum absolute atomic E-state index is 13.7. The van der Waals surface area contributed by atoms with Gasteiger partial charge in [0, 0.05) is 34.8 Å². The molecule has 0 aliphatic rings. The summed E-state index contributed by atoms with van der Waals surface area (Å²) in [4.78, 5) is 27.9. The number of halogens is 2. The molecule has 1 N–H and O–H groups in total. The van der Waals surface area contributed by atoms with Gasteiger partial charge in [-0.1, -0.05) is 36.2 Å². The number of nitrogens with zero attached hydrogens (tertiary/aromatic N) is 2. The van der Waals surface area contributed by atoms with Gasteiger partial charge in [-0.2, -0.15) is 0 Å². The maximum atomic E-state index is 13.7. The predicted octanol–water partition coefficient (Wildman–Crippen LogP) is 3.72. The molecule has 0 saturated carbocycles. The highest BCUT2D eigenvalue weighted by Crippen LogP contribution is 2.34. The van der Waals surface area contributed by atoms with E-state index in [1.54, 1.807) is 44.2 Å². The number of amides is 2. The molecule has 198 valence electrons. The molecule has 2 amide bonds. The zero-order valence-electron chi connectivity index (χ0n) is 20.9. The van der Waals surface area contributed by atoms with E-state index in [0.29, 0.717) is 27.9 Å². The van der Waals surface area contributed by atoms with Crippen LogP contribution in [0.3, 0.4) is 0 Å². The Kier molecular flexibility index (Phi) is 10.7. The summed E-state index contributed by atoms with van der Waals surface area (Å²) in [6.45, 7) is 3.19. The van der Waals surface area contributed by atoms with E-state index in [1.807, 2.05) is 0 Å². The Morgan fingerprint density at radius 1 is 1.06 bits per heavy atom. The van der Waals surface area contributed by atoms with E-state index in [9.17, 15) is 18.0 Å². The molecule has 0 aromatic heterocycles. The van der Waals surface area contributed by atoms with Gasteiger partial charge in [-0.25, -0.2) is 8.42 Å². The number of hydrogen-bond acceptors (Lipinski definition) is 6. The Morgan fingerprint density at radius 3 is 2.19 bits per heavy atom. The van der Waals surface area contributed by atoms with Crippen LogP contribution in [0.4, 0.5) is 5.69 Å². The van der Waals surface area contributed by atoms with Crippen molar-refractivity contribution in [1.82, 2.24) is 10.2 Å². The third-order valence-electron chi connectivity index (χ3n) is 5.46. The molecule has 9 nitrogen and oxygen atoms in total. The highest BCUT2D eigenvalue weighted by Gasteiger charge is 2.33. The predicted molar refractivity (Wildman–Crippen MR) is 142 cm³/mol. The van der Waals surface area contributed by atoms with Crippen molar-refractivity contribution in [3.05, 3.63) is 52.0 Å². The van der Waals surface area contributed by atoms with Gasteiger partial charge in [-0.15, -0.1) is 0 Å². The van der Waals surface area contributed by atoms with Gasteiger partial charge in [0.05, 0.1) is 26.2 Å². The number of ether oxygens (including phenoxy) is 2. The minimum Gasteiger partial charge on any atom is -0.497 e. The van der Waals surface area contributed by atoms with E-state index in [2.05, 4.69) is 5.32 Å². The topological polar surface area (TPSA) is 105 Å². The van der Waals surface area contributed by atoms with Gasteiger partial charge in [0.25, 0.3) is 0 Å². The summed E-state index contributed by atoms with van der Waals surface area (Å²) in [5.41, 5.74) is 0.566. The molecule has 0 spiro atoms. The summed E-state index contributed by atoms with van der Waals surface area (Å²) in [5, 5.41) is 3.37. The van der Waals surface area contributed by atoms with Crippen LogP contribution in [-0.4, -0.2) is 64.7 Å². The number of methoxy groups -OCH3 is 2. The van der Waals surface area contributed by atoms with Crippen molar-refractivity contribution in [2.75, 3.05) is 37.9 Å². The van der Waals surface area contributed by atoms with Gasteiger partial charge >= 0.3 is 0 Å². The van der Waals surface area contributed by atoms with Crippen LogP contribution < -0.4 is 19.1 Å². The summed E-state index contributed by atoms with van der Waals surface area (Å²) >= 11 is 12.7. The molecular formula is C24H31Cl2N3O6S. The van der Waals surface area contributed by atoms with Gasteiger partial charge < -0.3 is 19.7 Å². The van der Waals surface area contributed by atoms with E-state index >= 15 is 0 Å². The normalized spacial score (nSPS) is 12.0. The second-order valence-electron chi connectivity index (χ2n) is 7.85. The molecule has 2 aromatic rings. The third-order valence-corrected chi connectivity index (χ3v) is 7.30. The van der Waals surface area contributed by atoms with Crippen molar-refractivity contribution in [2.24, 2.45) is 0 Å². The average molecular weight is 561 g/mol. The summed E-state index contributed by atoms with van der Waals surface area (Å²) in [6, 6.07) is 8.65. The number of likely N-dealkylation sites (N-methyl/N-ethyl adjacent to an activating group) is 1. The Bertz CT molecular complexity index is 1170. The highest BCUT2D eigenvalue weighted by atomic mass is 35.5. The molecule has 36 heavy (non-hydrogen) atoms. The molecule has 2 rings (SSSR count). The van der Waals surface area contributed by atoms with Crippen molar-refractivity contribution in [1.29, 1.82) is 0 Å². The fourth-order valence-corrected chi connectivity index (χ4v) is 5.01. The molecule has 2 aromatic carbocycles. The zero-order valence-corrected chi connectivity index (χ0v) is 23.2. The van der Waals surface area contributed by atoms with Crippen LogP contribution in [0.5, 0.6) is 11.5 Å². The quantitative estimate of drug-likeness (QED) is 0.425. The highest BCUT2D eigenvalue weighted by molar-refractivity contribution is 7.92. The number of sulfonamides is 1. The van der Waals surface area contributed by atoms with E-state index in [-0.39, 0.29) is 30.3 Å². The first-order valence-electron chi connectivity index (χ1n) is 11.2. The zero-order chi connectivity index (χ0) is 27.0. The van der Waals surface area contributed by atoms with Crippen molar-refractivity contribution >= 4 is 50.7 Å². The molecule has 0 saturated heterocycles. The summed E-state index contributed by atoms with van der Waals surface area (Å²) in [6.07, 6.45) is 1.26. The molecule has 0 aliphatic heterocycles. The fourth-order valence-electron chi connectivity index (χ4n) is 3.65. The molecule has 1 atom stereocenters. The minimum atomic E-state index is -3.96. The van der Waals surface area contributed by atoms with Crippen LogP contribution >= 0.6 is 23.2 Å². The second kappa shape index (κ2) is 13.0. The summed E-state index contributed by atoms with van der Waals surface area (Å²) < 4.78 is 37.2. The summed E-state index contributed by atoms with van der Waals surface area (Å²) in [5.74, 6) is -0.397. The lowest BCUT2D eigenvalue weighted by Gasteiger charge is -2.33. The average Bonchev–Trinajstić information content (AvgIpc) is 2.83. The lowest BCUT2D eigenvalue weighted by atomic mass is 10.1. The van der Waals surface area contributed by atoms with E-state index in [0.717, 1.165) is 10.6 Å². The first-order chi connectivity index (χ1) is 17.0. The lowest BCUT2D eigenvalue weighted by Crippen LogP contribution is -2.52. The Balaban J connectivity index is 2.58. The molecule has 0 heterocycles. The number of anilines is 1. The molecule has 0 aliphatic carbocycles. The molecule has 0 unspecified atom stereocenters. The largest absolute Gasteiger partial charge is 0.497 e. The van der Waals surface area contributed by atoms with Gasteiger partial charge in [-0.05, 0) is 37.6 Å². The van der Waals surface area contributed by atoms with Gasteiger partial charge in [0.1, 0.15) is 24.1 Å². The fraction of sp³-hybridized carbons (Fsp3) is 0.417. The molecule has 0 radical (unpaired) electrons. The van der Waals surface area contributed by atoms with Crippen molar-refractivity contribution in [3.63, 3.8) is 0 Å². The minimum absolute atomic E-state index is 0.0974. The monoisotopic (exact) mass is 559 g/mol. The molecule has 0 fully saturated rings. The van der Waals surface area contributed by atoms with E-state index < -0.39 is 28.5 Å². The maximum Gasteiger partial charge on any atom is 0.244 e. The van der Waals surface area contributed by atoms with Gasteiger partial charge in [0.2, 0.25) is 21.8 Å². The Hall–Kier alpha value is -2.69. The number of carbonyl (C=O) groups excluding carboxylic acids is 2. The second-order valence-corrected chi connectivity index (χ2v) is 10.6. The molecule has 0 bridgehead atoms. The SMILES string of the molecule is CCNC(=O)[C@@H](CC)N(Cc1c(Cl)cccc1Cl)C(=O)CN(c1cc(OC)ccc1OC)S(C)(=O)=O.